The molecular formula is C21H24N4O4S2. The van der Waals surface area contributed by atoms with E-state index in [1.54, 1.807) is 30.5 Å². The monoisotopic (exact) mass is 460 g/mol. The molecule has 0 spiro atoms. The van der Waals surface area contributed by atoms with Crippen LogP contribution >= 0.6 is 11.8 Å². The Kier molecular flexibility index (Phi) is 6.47. The molecule has 0 bridgehead atoms. The van der Waals surface area contributed by atoms with Crippen LogP contribution in [0.25, 0.3) is 11.6 Å². The summed E-state index contributed by atoms with van der Waals surface area (Å²) in [6.45, 7) is 0. The van der Waals surface area contributed by atoms with Gasteiger partial charge < -0.3 is 4.42 Å². The molecule has 1 aliphatic rings. The van der Waals surface area contributed by atoms with E-state index >= 15 is 0 Å². The molecule has 4 rings (SSSR count). The molecule has 0 saturated heterocycles. The van der Waals surface area contributed by atoms with Gasteiger partial charge in [0.05, 0.1) is 18.3 Å². The summed E-state index contributed by atoms with van der Waals surface area (Å²) in [5.74, 6) is 1.52. The number of furan rings is 1. The molecule has 0 aliphatic heterocycles. The van der Waals surface area contributed by atoms with Gasteiger partial charge in [-0.25, -0.2) is 8.42 Å². The van der Waals surface area contributed by atoms with Crippen LogP contribution in [-0.2, 0) is 10.0 Å². The van der Waals surface area contributed by atoms with E-state index in [0.29, 0.717) is 34.0 Å². The first-order valence-electron chi connectivity index (χ1n) is 10.1. The summed E-state index contributed by atoms with van der Waals surface area (Å²) in [7, 11) is -3.35. The lowest BCUT2D eigenvalue weighted by molar-refractivity contribution is 0.102. The molecule has 31 heavy (non-hydrogen) atoms. The number of Topliss-reactive ketones (excluding diaryl/α,β-unsaturated/α-hetero) is 1. The number of carbonyl (C=O) groups is 1. The first kappa shape index (κ1) is 21.6. The molecule has 1 N–H and O–H groups in total. The van der Waals surface area contributed by atoms with Gasteiger partial charge in [-0.2, -0.15) is 0 Å². The number of aromatic nitrogens is 3. The van der Waals surface area contributed by atoms with E-state index in [2.05, 4.69) is 19.5 Å². The molecule has 0 unspecified atom stereocenters. The SMILES string of the molecule is CS(=O)(=O)Nc1ccc(C(=O)CSc2nnc(-c3ccco3)n2C2CCCCC2)cc1. The van der Waals surface area contributed by atoms with Crippen LogP contribution in [0.4, 0.5) is 5.69 Å². The summed E-state index contributed by atoms with van der Waals surface area (Å²) in [6.07, 6.45) is 8.38. The standard InChI is InChI=1S/C21H24N4O4S2/c1-31(27,28)24-16-11-9-15(10-12-16)18(26)14-30-21-23-22-20(19-8-5-13-29-19)25(21)17-6-3-2-4-7-17/h5,8-13,17,24H,2-4,6-7,14H2,1H3. The maximum Gasteiger partial charge on any atom is 0.229 e. The number of nitrogens with one attached hydrogen (secondary N) is 1. The van der Waals surface area contributed by atoms with Gasteiger partial charge in [0, 0.05) is 17.3 Å². The Morgan fingerprint density at radius 1 is 1.16 bits per heavy atom. The second-order valence-corrected chi connectivity index (χ2v) is 10.3. The highest BCUT2D eigenvalue weighted by Gasteiger charge is 2.25. The third-order valence-corrected chi connectivity index (χ3v) is 6.74. The van der Waals surface area contributed by atoms with E-state index in [1.165, 1.54) is 18.2 Å². The lowest BCUT2D eigenvalue weighted by Gasteiger charge is -2.25. The molecule has 3 aromatic rings. The minimum absolute atomic E-state index is 0.0614. The molecule has 0 atom stereocenters. The molecule has 0 amide bonds. The number of sulfonamides is 1. The molecule has 2 heterocycles. The third kappa shape index (κ3) is 5.37. The minimum Gasteiger partial charge on any atom is -0.461 e. The van der Waals surface area contributed by atoms with Crippen LogP contribution < -0.4 is 4.72 Å². The van der Waals surface area contributed by atoms with E-state index in [9.17, 15) is 13.2 Å². The number of ketones is 1. The van der Waals surface area contributed by atoms with E-state index in [-0.39, 0.29) is 11.5 Å². The van der Waals surface area contributed by atoms with Gasteiger partial charge >= 0.3 is 0 Å². The third-order valence-electron chi connectivity index (χ3n) is 5.19. The number of nitrogens with zero attached hydrogens (tertiary/aromatic N) is 3. The Hall–Kier alpha value is -2.59. The van der Waals surface area contributed by atoms with Crippen LogP contribution in [0.15, 0.2) is 52.2 Å². The van der Waals surface area contributed by atoms with Gasteiger partial charge in [-0.1, -0.05) is 31.0 Å². The Labute approximate surface area is 185 Å². The van der Waals surface area contributed by atoms with Crippen molar-refractivity contribution < 1.29 is 17.6 Å². The molecule has 1 aromatic carbocycles. The van der Waals surface area contributed by atoms with E-state index in [0.717, 1.165) is 31.9 Å². The summed E-state index contributed by atoms with van der Waals surface area (Å²) >= 11 is 1.36. The van der Waals surface area contributed by atoms with Crippen molar-refractivity contribution in [3.05, 3.63) is 48.2 Å². The van der Waals surface area contributed by atoms with Crippen molar-refractivity contribution in [3.63, 3.8) is 0 Å². The maximum absolute atomic E-state index is 12.7. The van der Waals surface area contributed by atoms with Crippen molar-refractivity contribution in [1.29, 1.82) is 0 Å². The zero-order chi connectivity index (χ0) is 21.8. The predicted octanol–water partition coefficient (Wildman–Crippen LogP) is 4.39. The van der Waals surface area contributed by atoms with Crippen LogP contribution in [0.1, 0.15) is 48.5 Å². The zero-order valence-corrected chi connectivity index (χ0v) is 18.8. The molecule has 1 saturated carbocycles. The van der Waals surface area contributed by atoms with Crippen LogP contribution in [0.3, 0.4) is 0 Å². The lowest BCUT2D eigenvalue weighted by Crippen LogP contribution is -2.15. The zero-order valence-electron chi connectivity index (χ0n) is 17.2. The highest BCUT2D eigenvalue weighted by atomic mass is 32.2. The highest BCUT2D eigenvalue weighted by molar-refractivity contribution is 7.99. The predicted molar refractivity (Wildman–Crippen MR) is 120 cm³/mol. The van der Waals surface area contributed by atoms with Crippen LogP contribution in [0.2, 0.25) is 0 Å². The molecule has 8 nitrogen and oxygen atoms in total. The van der Waals surface area contributed by atoms with Crippen LogP contribution in [-0.4, -0.2) is 41.0 Å². The molecule has 1 aliphatic carbocycles. The van der Waals surface area contributed by atoms with Crippen molar-refractivity contribution >= 4 is 33.3 Å². The fraction of sp³-hybridized carbons (Fsp3) is 0.381. The number of thioether (sulfide) groups is 1. The summed E-state index contributed by atoms with van der Waals surface area (Å²) in [5.41, 5.74) is 0.938. The number of carbonyl (C=O) groups excluding carboxylic acids is 1. The van der Waals surface area contributed by atoms with E-state index in [4.69, 9.17) is 4.42 Å². The fourth-order valence-corrected chi connectivity index (χ4v) is 5.23. The Balaban J connectivity index is 1.49. The Morgan fingerprint density at radius 3 is 2.55 bits per heavy atom. The van der Waals surface area contributed by atoms with Crippen molar-refractivity contribution in [2.24, 2.45) is 0 Å². The maximum atomic E-state index is 12.7. The van der Waals surface area contributed by atoms with Gasteiger partial charge in [-0.15, -0.1) is 10.2 Å². The summed E-state index contributed by atoms with van der Waals surface area (Å²) < 4.78 is 32.7. The lowest BCUT2D eigenvalue weighted by atomic mass is 9.95. The quantitative estimate of drug-likeness (QED) is 0.392. The van der Waals surface area contributed by atoms with Crippen molar-refractivity contribution in [2.75, 3.05) is 16.7 Å². The topological polar surface area (TPSA) is 107 Å². The number of rotatable bonds is 8. The molecule has 164 valence electrons. The van der Waals surface area contributed by atoms with Crippen LogP contribution in [0, 0.1) is 0 Å². The summed E-state index contributed by atoms with van der Waals surface area (Å²) in [6, 6.07) is 10.4. The summed E-state index contributed by atoms with van der Waals surface area (Å²) in [4.78, 5) is 12.7. The smallest absolute Gasteiger partial charge is 0.229 e. The van der Waals surface area contributed by atoms with E-state index < -0.39 is 10.0 Å². The second kappa shape index (κ2) is 9.27. The summed E-state index contributed by atoms with van der Waals surface area (Å²) in [5, 5.41) is 9.42. The highest BCUT2D eigenvalue weighted by Crippen LogP contribution is 2.35. The second-order valence-electron chi connectivity index (χ2n) is 7.61. The largest absolute Gasteiger partial charge is 0.461 e. The average molecular weight is 461 g/mol. The number of anilines is 1. The number of hydrogen-bond donors (Lipinski definition) is 1. The van der Waals surface area contributed by atoms with E-state index in [1.807, 2.05) is 12.1 Å². The fourth-order valence-electron chi connectivity index (χ4n) is 3.77. The molecule has 10 heteroatoms. The average Bonchev–Trinajstić information content (AvgIpc) is 3.41. The molecule has 1 fully saturated rings. The first-order chi connectivity index (χ1) is 14.9. The van der Waals surface area contributed by atoms with Crippen molar-refractivity contribution in [2.45, 2.75) is 43.3 Å². The van der Waals surface area contributed by atoms with Gasteiger partial charge in [0.25, 0.3) is 0 Å². The molecular weight excluding hydrogens is 436 g/mol. The minimum atomic E-state index is -3.35. The van der Waals surface area contributed by atoms with Gasteiger partial charge in [-0.3, -0.25) is 14.1 Å². The molecule has 0 radical (unpaired) electrons. The van der Waals surface area contributed by atoms with Crippen molar-refractivity contribution in [1.82, 2.24) is 14.8 Å². The first-order valence-corrected chi connectivity index (χ1v) is 13.0. The Morgan fingerprint density at radius 2 is 1.90 bits per heavy atom. The van der Waals surface area contributed by atoms with Gasteiger partial charge in [0.2, 0.25) is 15.8 Å². The van der Waals surface area contributed by atoms with Gasteiger partial charge in [-0.05, 0) is 49.2 Å². The van der Waals surface area contributed by atoms with Gasteiger partial charge in [0.15, 0.2) is 16.7 Å². The van der Waals surface area contributed by atoms with Crippen LogP contribution in [0.5, 0.6) is 0 Å². The van der Waals surface area contributed by atoms with Gasteiger partial charge in [0.1, 0.15) is 0 Å². The number of hydrogen-bond acceptors (Lipinski definition) is 7. The number of benzene rings is 1. The molecule has 2 aromatic heterocycles. The van der Waals surface area contributed by atoms with Crippen molar-refractivity contribution in [3.8, 4) is 11.6 Å². The normalized spacial score (nSPS) is 15.1. The Bertz CT molecular complexity index is 1130.